The van der Waals surface area contributed by atoms with Crippen molar-refractivity contribution in [2.24, 2.45) is 72.9 Å². The van der Waals surface area contributed by atoms with Crippen molar-refractivity contribution in [2.45, 2.75) is 173 Å². The van der Waals surface area contributed by atoms with E-state index in [2.05, 4.69) is 72.5 Å². The number of nitrogens with one attached hydrogen (secondary N) is 11. The van der Waals surface area contributed by atoms with Gasteiger partial charge in [0.15, 0.2) is 17.9 Å². The normalized spacial score (nSPS) is 14.9. The van der Waals surface area contributed by atoms with E-state index >= 15 is 14.4 Å². The molecule has 31 heteroatoms. The van der Waals surface area contributed by atoms with Gasteiger partial charge in [-0.1, -0.05) is 115 Å². The van der Waals surface area contributed by atoms with Gasteiger partial charge in [-0.3, -0.25) is 53.3 Å². The number of carboxylic acids is 1. The van der Waals surface area contributed by atoms with Crippen LogP contribution < -0.4 is 82.7 Å². The average Bonchev–Trinajstić information content (AvgIpc) is 1.56. The van der Waals surface area contributed by atoms with Crippen LogP contribution in [0.4, 0.5) is 0 Å². The first kappa shape index (κ1) is 78.3. The van der Waals surface area contributed by atoms with E-state index in [9.17, 15) is 33.9 Å². The highest BCUT2D eigenvalue weighted by atomic mass is 16.4. The van der Waals surface area contributed by atoms with E-state index < -0.39 is 125 Å². The molecule has 6 aromatic rings. The number of aliphatic carboxylic acids is 1. The molecule has 31 nitrogen and oxygen atoms in total. The molecule has 0 fully saturated rings. The molecule has 100 heavy (non-hydrogen) atoms. The third-order valence-corrected chi connectivity index (χ3v) is 18.0. The first-order valence-corrected chi connectivity index (χ1v) is 34.0. The molecule has 0 bridgehead atoms. The average molecular weight is 1380 g/mol. The third-order valence-electron chi connectivity index (χ3n) is 18.0. The molecule has 0 saturated heterocycles. The van der Waals surface area contributed by atoms with Crippen molar-refractivity contribution in [3.05, 3.63) is 108 Å². The molecule has 0 aliphatic carbocycles. The second-order valence-corrected chi connectivity index (χ2v) is 25.4. The second-order valence-electron chi connectivity index (χ2n) is 25.4. The minimum absolute atomic E-state index is 0.00845. The van der Waals surface area contributed by atoms with Gasteiger partial charge in [-0.05, 0) is 91.2 Å². The van der Waals surface area contributed by atoms with E-state index in [1.807, 2.05) is 80.6 Å². The molecule has 0 aliphatic rings. The van der Waals surface area contributed by atoms with Crippen LogP contribution in [0.3, 0.4) is 0 Å². The van der Waals surface area contributed by atoms with E-state index in [4.69, 9.17) is 40.1 Å². The summed E-state index contributed by atoms with van der Waals surface area (Å²) in [7, 11) is 0. The number of carbonyl (C=O) groups excluding carboxylic acids is 8. The predicted molar refractivity (Wildman–Crippen MR) is 385 cm³/mol. The molecule has 12 atom stereocenters. The molecule has 3 heterocycles. The Bertz CT molecular complexity index is 3850. The molecule has 0 unspecified atom stereocenters. The van der Waals surface area contributed by atoms with Gasteiger partial charge in [0.2, 0.25) is 47.3 Å². The highest BCUT2D eigenvalue weighted by Gasteiger charge is 2.39. The maximum absolute atomic E-state index is 15.3. The summed E-state index contributed by atoms with van der Waals surface area (Å²) in [5.74, 6) is -9.67. The number of aromatic amines is 3. The fraction of sp³-hybridized carbons (Fsp3) is 0.478. The van der Waals surface area contributed by atoms with Gasteiger partial charge in [0.25, 0.3) is 0 Å². The number of hydrogen-bond acceptors (Lipinski definition) is 13. The van der Waals surface area contributed by atoms with Gasteiger partial charge < -0.3 is 103 Å². The highest BCUT2D eigenvalue weighted by Crippen LogP contribution is 2.24. The monoisotopic (exact) mass is 1380 g/mol. The first-order chi connectivity index (χ1) is 47.7. The van der Waals surface area contributed by atoms with Crippen LogP contribution in [0.15, 0.2) is 106 Å². The van der Waals surface area contributed by atoms with E-state index in [0.29, 0.717) is 42.4 Å². The Morgan fingerprint density at radius 2 is 0.670 bits per heavy atom. The number of para-hydroxylation sites is 3. The lowest BCUT2D eigenvalue weighted by molar-refractivity contribution is -0.142. The Morgan fingerprint density at radius 3 is 1.02 bits per heavy atom. The number of aromatic nitrogens is 3. The van der Waals surface area contributed by atoms with Crippen molar-refractivity contribution >= 4 is 104 Å². The number of aliphatic imine (C=N–C) groups is 3. The Hall–Kier alpha value is -10.7. The van der Waals surface area contributed by atoms with E-state index in [-0.39, 0.29) is 88.9 Å². The van der Waals surface area contributed by atoms with Crippen LogP contribution in [0.5, 0.6) is 0 Å². The van der Waals surface area contributed by atoms with Crippen molar-refractivity contribution in [3.8, 4) is 0 Å². The summed E-state index contributed by atoms with van der Waals surface area (Å²) in [5, 5.41) is 35.2. The summed E-state index contributed by atoms with van der Waals surface area (Å²) < 4.78 is 0. The lowest BCUT2D eigenvalue weighted by Gasteiger charge is -2.31. The molecule has 6 rings (SSSR count). The van der Waals surface area contributed by atoms with Crippen molar-refractivity contribution in [3.63, 3.8) is 0 Å². The largest absolute Gasteiger partial charge is 0.480 e. The zero-order chi connectivity index (χ0) is 73.2. The van der Waals surface area contributed by atoms with Crippen LogP contribution >= 0.6 is 0 Å². The number of nitrogens with two attached hydrogens (primary N) is 7. The number of hydrogen-bond donors (Lipinski definition) is 19. The maximum Gasteiger partial charge on any atom is 0.326 e. The van der Waals surface area contributed by atoms with Gasteiger partial charge in [0, 0.05) is 90.2 Å². The second kappa shape index (κ2) is 38.4. The standard InChI is InChI=1S/C69H101N21O10/c1-7-37(4)55(88-61(94)52(31-40-34-80-47-23-13-10-19-43(40)47)85-60(93)51(27-18-30-79-69(75)76)84-59(92)50(26-17-29-78-68(73)74)83-58(91)46(70)22-16-28-77-67(71)72)63(96)86-53(32-41-35-81-48-24-14-11-20-44(41)48)62(95)89-57(39(6)9-3)65(98)90-56(38(5)8-2)64(97)87-54(66(99)100)33-42-36-82-49-25-15-12-21-45(42)49/h10-15,19-21,23-25,34-39,46,50-57,80-82H,7-9,16-18,22,26-33,70H2,1-6H3,(H,83,91)(H,84,92)(H,85,93)(H,86,96)(H,87,97)(H,88,94)(H,89,95)(H,90,98)(H,99,100)(H4,71,72,77)(H4,73,74,78)(H4,75,76,79)/t37-,38-,39-,46-,50-,51-,52-,53-,54-,55-,56-,57-/m0/s1. The van der Waals surface area contributed by atoms with Crippen molar-refractivity contribution in [1.82, 2.24) is 57.5 Å². The van der Waals surface area contributed by atoms with Gasteiger partial charge >= 0.3 is 5.97 Å². The van der Waals surface area contributed by atoms with Crippen LogP contribution in [-0.4, -0.2) is 165 Å². The molecule has 3 aromatic heterocycles. The Kier molecular flexibility index (Phi) is 30.1. The summed E-state index contributed by atoms with van der Waals surface area (Å²) >= 11 is 0. The van der Waals surface area contributed by atoms with Crippen molar-refractivity contribution in [2.75, 3.05) is 19.6 Å². The number of amides is 8. The molecule has 0 aliphatic heterocycles. The van der Waals surface area contributed by atoms with Gasteiger partial charge in [-0.2, -0.15) is 0 Å². The number of carbonyl (C=O) groups is 9. The topological polar surface area (TPSA) is 537 Å². The van der Waals surface area contributed by atoms with E-state index in [1.54, 1.807) is 52.4 Å². The molecule has 0 saturated carbocycles. The number of nitrogens with zero attached hydrogens (tertiary/aromatic N) is 3. The van der Waals surface area contributed by atoms with Crippen LogP contribution in [0, 0.1) is 17.8 Å². The first-order valence-electron chi connectivity index (χ1n) is 34.0. The number of H-pyrrole nitrogens is 3. The SMILES string of the molecule is CC[C@H](C)[C@H](NC(=O)[C@H](Cc1c[nH]c2ccccc12)NC(=O)[C@H](CCCN=C(N)N)NC(=O)[C@H](CCCN=C(N)N)NC(=O)[C@@H](N)CCCN=C(N)N)C(=O)N[C@@H](Cc1c[nH]c2ccccc12)C(=O)N[C@H](C(=O)N[C@H](C(=O)N[C@@H](Cc1c[nH]c2ccccc12)C(=O)O)[C@@H](C)CC)[C@@H](C)CC. The Morgan fingerprint density at radius 1 is 0.390 bits per heavy atom. The smallest absolute Gasteiger partial charge is 0.326 e. The number of guanidine groups is 3. The molecule has 8 amide bonds. The van der Waals surface area contributed by atoms with Gasteiger partial charge in [-0.25, -0.2) is 4.79 Å². The maximum atomic E-state index is 15.3. The zero-order valence-electron chi connectivity index (χ0n) is 57.7. The quantitative estimate of drug-likeness (QED) is 0.0143. The summed E-state index contributed by atoms with van der Waals surface area (Å²) in [4.78, 5) is 152. The zero-order valence-corrected chi connectivity index (χ0v) is 57.7. The van der Waals surface area contributed by atoms with Crippen molar-refractivity contribution < 1.29 is 48.3 Å². The van der Waals surface area contributed by atoms with E-state index in [0.717, 1.165) is 32.7 Å². The minimum atomic E-state index is -1.45. The lowest BCUT2D eigenvalue weighted by Crippen LogP contribution is -2.62. The Balaban J connectivity index is 1.30. The predicted octanol–water partition coefficient (Wildman–Crippen LogP) is 0.748. The number of fused-ring (bicyclic) bond motifs is 3. The molecule has 3 aromatic carbocycles. The summed E-state index contributed by atoms with van der Waals surface area (Å²) in [6.07, 6.45) is 6.60. The highest BCUT2D eigenvalue weighted by molar-refractivity contribution is 5.99. The van der Waals surface area contributed by atoms with Crippen LogP contribution in [-0.2, 0) is 62.4 Å². The minimum Gasteiger partial charge on any atom is -0.480 e. The molecular weight excluding hydrogens is 1280 g/mol. The van der Waals surface area contributed by atoms with Gasteiger partial charge in [0.1, 0.15) is 48.3 Å². The fourth-order valence-electron chi connectivity index (χ4n) is 11.6. The third kappa shape index (κ3) is 22.9. The van der Waals surface area contributed by atoms with Crippen LogP contribution in [0.25, 0.3) is 32.7 Å². The van der Waals surface area contributed by atoms with Crippen LogP contribution in [0.1, 0.15) is 116 Å². The molecule has 542 valence electrons. The molecule has 0 spiro atoms. The van der Waals surface area contributed by atoms with Gasteiger partial charge in [0.05, 0.1) is 6.04 Å². The van der Waals surface area contributed by atoms with Gasteiger partial charge in [-0.15, -0.1) is 0 Å². The summed E-state index contributed by atoms with van der Waals surface area (Å²) in [6, 6.07) is 10.1. The van der Waals surface area contributed by atoms with Crippen molar-refractivity contribution in [1.29, 1.82) is 0 Å². The molecular formula is C69H101N21O10. The fourth-order valence-corrected chi connectivity index (χ4v) is 11.6. The van der Waals surface area contributed by atoms with E-state index in [1.165, 1.54) is 0 Å². The summed E-state index contributed by atoms with van der Waals surface area (Å²) in [5.41, 5.74) is 43.7. The number of carboxylic acid groups (broad SMARTS) is 1. The number of benzene rings is 3. The number of rotatable bonds is 41. The summed E-state index contributed by atoms with van der Waals surface area (Å²) in [6.45, 7) is 11.0. The Labute approximate surface area is 580 Å². The molecule has 26 N–H and O–H groups in total. The molecule has 0 radical (unpaired) electrons. The van der Waals surface area contributed by atoms with Crippen LogP contribution in [0.2, 0.25) is 0 Å². The lowest BCUT2D eigenvalue weighted by atomic mass is 9.93.